The van der Waals surface area contributed by atoms with Gasteiger partial charge in [-0.15, -0.1) is 0 Å². The number of aryl methyl sites for hydroxylation is 1. The number of nitrogens with one attached hydrogen (secondary N) is 2. The van der Waals surface area contributed by atoms with E-state index in [0.29, 0.717) is 23.1 Å². The zero-order valence-electron chi connectivity index (χ0n) is 22.1. The van der Waals surface area contributed by atoms with Crippen LogP contribution in [-0.2, 0) is 4.79 Å². The largest absolute Gasteiger partial charge is 0.497 e. The molecule has 3 heterocycles. The predicted molar refractivity (Wildman–Crippen MR) is 155 cm³/mol. The van der Waals surface area contributed by atoms with E-state index in [-0.39, 0.29) is 24.4 Å². The summed E-state index contributed by atoms with van der Waals surface area (Å²) >= 11 is 5.82. The summed E-state index contributed by atoms with van der Waals surface area (Å²) in [6.45, 7) is 2.50. The van der Waals surface area contributed by atoms with Crippen LogP contribution in [0.1, 0.15) is 35.6 Å². The van der Waals surface area contributed by atoms with Crippen LogP contribution in [0.5, 0.6) is 11.5 Å². The zero-order chi connectivity index (χ0) is 27.4. The standard InChI is InChI=1S/C30H31N5O3S/c1-20-11-16-25(35(20)21-12-14-22(37-2)15-13-21)29-28(24-9-6-7-18-31-24)33-30(39)34(29)19-17-27(36)32-23-8-4-5-10-26(23)38-3/h4-16,18,28-29H,17,19H2,1-3H3,(H,32,36)(H,33,39)/t28-,29+/m0/s1. The van der Waals surface area contributed by atoms with E-state index in [0.717, 1.165) is 28.5 Å². The summed E-state index contributed by atoms with van der Waals surface area (Å²) < 4.78 is 13.0. The Balaban J connectivity index is 1.46. The Morgan fingerprint density at radius 1 is 1.00 bits per heavy atom. The van der Waals surface area contributed by atoms with Crippen LogP contribution in [-0.4, -0.2) is 46.2 Å². The van der Waals surface area contributed by atoms with Gasteiger partial charge in [-0.2, -0.15) is 0 Å². The number of hydrogen-bond acceptors (Lipinski definition) is 5. The van der Waals surface area contributed by atoms with Crippen LogP contribution in [0.4, 0.5) is 5.69 Å². The van der Waals surface area contributed by atoms with E-state index in [4.69, 9.17) is 21.7 Å². The average Bonchev–Trinajstić information content (AvgIpc) is 3.51. The number of carbonyl (C=O) groups is 1. The number of thiocarbonyl (C=S) groups is 1. The molecule has 9 heteroatoms. The lowest BCUT2D eigenvalue weighted by Crippen LogP contribution is -2.33. The smallest absolute Gasteiger partial charge is 0.226 e. The molecule has 1 aliphatic heterocycles. The van der Waals surface area contributed by atoms with Crippen LogP contribution >= 0.6 is 12.2 Å². The number of rotatable bonds is 9. The second-order valence-electron chi connectivity index (χ2n) is 9.25. The van der Waals surface area contributed by atoms with Gasteiger partial charge in [-0.3, -0.25) is 9.78 Å². The summed E-state index contributed by atoms with van der Waals surface area (Å²) in [5.74, 6) is 1.29. The van der Waals surface area contributed by atoms with E-state index in [2.05, 4.69) is 44.1 Å². The quantitative estimate of drug-likeness (QED) is 0.282. The van der Waals surface area contributed by atoms with Gasteiger partial charge in [0.15, 0.2) is 5.11 Å². The number of aromatic nitrogens is 2. The van der Waals surface area contributed by atoms with Crippen molar-refractivity contribution < 1.29 is 14.3 Å². The highest BCUT2D eigenvalue weighted by atomic mass is 32.1. The maximum absolute atomic E-state index is 13.0. The topological polar surface area (TPSA) is 80.7 Å². The third-order valence-electron chi connectivity index (χ3n) is 6.90. The number of hydrogen-bond donors (Lipinski definition) is 2. The molecule has 39 heavy (non-hydrogen) atoms. The van der Waals surface area contributed by atoms with Crippen LogP contribution < -0.4 is 20.1 Å². The van der Waals surface area contributed by atoms with Crippen molar-refractivity contribution in [2.75, 3.05) is 26.1 Å². The Labute approximate surface area is 233 Å². The fourth-order valence-corrected chi connectivity index (χ4v) is 5.36. The number of para-hydroxylation sites is 2. The number of anilines is 1. The third-order valence-corrected chi connectivity index (χ3v) is 7.25. The second kappa shape index (κ2) is 11.6. The molecule has 2 aromatic carbocycles. The van der Waals surface area contributed by atoms with Gasteiger partial charge in [-0.25, -0.2) is 0 Å². The molecule has 0 radical (unpaired) electrons. The minimum atomic E-state index is -0.192. The zero-order valence-corrected chi connectivity index (χ0v) is 22.9. The Hall–Kier alpha value is -4.37. The average molecular weight is 542 g/mol. The Kier molecular flexibility index (Phi) is 7.79. The minimum Gasteiger partial charge on any atom is -0.497 e. The van der Waals surface area contributed by atoms with E-state index < -0.39 is 0 Å². The van der Waals surface area contributed by atoms with Gasteiger partial charge < -0.3 is 29.6 Å². The number of carbonyl (C=O) groups excluding carboxylic acids is 1. The molecule has 1 amide bonds. The van der Waals surface area contributed by atoms with Crippen molar-refractivity contribution in [3.05, 3.63) is 102 Å². The van der Waals surface area contributed by atoms with Crippen molar-refractivity contribution in [3.8, 4) is 17.2 Å². The van der Waals surface area contributed by atoms with Crippen molar-refractivity contribution in [3.63, 3.8) is 0 Å². The van der Waals surface area contributed by atoms with E-state index in [1.165, 1.54) is 0 Å². The molecule has 2 N–H and O–H groups in total. The van der Waals surface area contributed by atoms with E-state index in [9.17, 15) is 4.79 Å². The van der Waals surface area contributed by atoms with Gasteiger partial charge in [0.25, 0.3) is 0 Å². The van der Waals surface area contributed by atoms with Gasteiger partial charge in [0, 0.05) is 36.2 Å². The maximum atomic E-state index is 13.0. The molecule has 0 unspecified atom stereocenters. The summed E-state index contributed by atoms with van der Waals surface area (Å²) in [5.41, 5.74) is 4.66. The number of nitrogens with zero attached hydrogens (tertiary/aromatic N) is 3. The van der Waals surface area contributed by atoms with Gasteiger partial charge in [-0.1, -0.05) is 18.2 Å². The number of benzene rings is 2. The summed E-state index contributed by atoms with van der Waals surface area (Å²) in [4.78, 5) is 19.7. The van der Waals surface area contributed by atoms with Crippen LogP contribution in [0.15, 0.2) is 85.1 Å². The summed E-state index contributed by atoms with van der Waals surface area (Å²) in [7, 11) is 3.24. The first-order valence-corrected chi connectivity index (χ1v) is 13.1. The highest BCUT2D eigenvalue weighted by molar-refractivity contribution is 7.80. The summed E-state index contributed by atoms with van der Waals surface area (Å²) in [6.07, 6.45) is 2.03. The van der Waals surface area contributed by atoms with Crippen molar-refractivity contribution >= 4 is 28.9 Å². The van der Waals surface area contributed by atoms with Gasteiger partial charge >= 0.3 is 0 Å². The fourth-order valence-electron chi connectivity index (χ4n) is 5.02. The second-order valence-corrected chi connectivity index (χ2v) is 9.64. The normalized spacial score (nSPS) is 16.6. The Bertz CT molecular complexity index is 1460. The van der Waals surface area contributed by atoms with Crippen LogP contribution in [0, 0.1) is 6.92 Å². The molecule has 0 bridgehead atoms. The van der Waals surface area contributed by atoms with E-state index in [1.54, 1.807) is 20.4 Å². The molecule has 4 aromatic rings. The number of ether oxygens (including phenoxy) is 2. The molecular formula is C30H31N5O3S. The predicted octanol–water partition coefficient (Wildman–Crippen LogP) is 5.20. The minimum absolute atomic E-state index is 0.121. The van der Waals surface area contributed by atoms with Gasteiger partial charge in [0.05, 0.1) is 37.7 Å². The first kappa shape index (κ1) is 26.2. The molecule has 2 atom stereocenters. The lowest BCUT2D eigenvalue weighted by atomic mass is 10.0. The van der Waals surface area contributed by atoms with E-state index >= 15 is 0 Å². The Morgan fingerprint density at radius 2 is 1.77 bits per heavy atom. The highest BCUT2D eigenvalue weighted by Gasteiger charge is 2.41. The molecule has 2 aromatic heterocycles. The fraction of sp³-hybridized carbons (Fsp3) is 0.233. The van der Waals surface area contributed by atoms with Crippen LogP contribution in [0.2, 0.25) is 0 Å². The first-order chi connectivity index (χ1) is 19.0. The summed E-state index contributed by atoms with van der Waals surface area (Å²) in [5, 5.41) is 7.03. The van der Waals surface area contributed by atoms with E-state index in [1.807, 2.05) is 66.7 Å². The van der Waals surface area contributed by atoms with Crippen molar-refractivity contribution in [2.45, 2.75) is 25.4 Å². The SMILES string of the molecule is COc1ccc(-n2c(C)ccc2[C@@H]2[C@H](c3ccccn3)NC(=S)N2CCC(=O)Nc2ccccc2OC)cc1. The number of pyridine rings is 1. The van der Waals surface area contributed by atoms with Gasteiger partial charge in [0.2, 0.25) is 5.91 Å². The van der Waals surface area contributed by atoms with Crippen LogP contribution in [0.25, 0.3) is 5.69 Å². The molecule has 200 valence electrons. The van der Waals surface area contributed by atoms with Crippen molar-refractivity contribution in [1.82, 2.24) is 19.8 Å². The molecule has 8 nitrogen and oxygen atoms in total. The Morgan fingerprint density at radius 3 is 2.49 bits per heavy atom. The lowest BCUT2D eigenvalue weighted by Gasteiger charge is -2.29. The molecule has 0 saturated carbocycles. The third kappa shape index (κ3) is 5.44. The molecule has 0 aliphatic carbocycles. The summed E-state index contributed by atoms with van der Waals surface area (Å²) in [6, 6.07) is 25.1. The first-order valence-electron chi connectivity index (χ1n) is 12.7. The number of methoxy groups -OCH3 is 2. The maximum Gasteiger partial charge on any atom is 0.226 e. The highest BCUT2D eigenvalue weighted by Crippen LogP contribution is 2.40. The lowest BCUT2D eigenvalue weighted by molar-refractivity contribution is -0.116. The molecule has 1 fully saturated rings. The number of amides is 1. The molecule has 1 aliphatic rings. The molecule has 5 rings (SSSR count). The monoisotopic (exact) mass is 541 g/mol. The molecule has 1 saturated heterocycles. The van der Waals surface area contributed by atoms with Crippen molar-refractivity contribution in [2.24, 2.45) is 0 Å². The van der Waals surface area contributed by atoms with Crippen molar-refractivity contribution in [1.29, 1.82) is 0 Å². The van der Waals surface area contributed by atoms with Gasteiger partial charge in [0.1, 0.15) is 11.5 Å². The molecule has 0 spiro atoms. The van der Waals surface area contributed by atoms with Crippen LogP contribution in [0.3, 0.4) is 0 Å². The molecular weight excluding hydrogens is 510 g/mol. The van der Waals surface area contributed by atoms with Gasteiger partial charge in [-0.05, 0) is 79.8 Å².